The van der Waals surface area contributed by atoms with Crippen molar-refractivity contribution in [3.63, 3.8) is 0 Å². The van der Waals surface area contributed by atoms with Gasteiger partial charge in [0.25, 0.3) is 0 Å². The van der Waals surface area contributed by atoms with E-state index in [1.165, 1.54) is 11.9 Å². The van der Waals surface area contributed by atoms with Gasteiger partial charge in [0.15, 0.2) is 0 Å². The van der Waals surface area contributed by atoms with Gasteiger partial charge in [0.05, 0.1) is 6.07 Å². The van der Waals surface area contributed by atoms with Gasteiger partial charge in [-0.1, -0.05) is 34.1 Å². The molecule has 1 aromatic carbocycles. The predicted molar refractivity (Wildman–Crippen MR) is 69.2 cm³/mol. The molecule has 0 radical (unpaired) electrons. The van der Waals surface area contributed by atoms with Crippen molar-refractivity contribution in [1.29, 1.82) is 5.26 Å². The standard InChI is InChI=1S/C12H12BrN3O2/c1-16(12(18)11(17)15-7-6-14)8-9-4-2-3-5-10(9)13/h2-5H,7-8H2,1H3,(H,15,17). The first-order valence-electron chi connectivity index (χ1n) is 5.20. The van der Waals surface area contributed by atoms with Crippen LogP contribution in [0.4, 0.5) is 0 Å². The fraction of sp³-hybridized carbons (Fsp3) is 0.250. The molecule has 0 atom stereocenters. The van der Waals surface area contributed by atoms with Crippen LogP contribution in [0.25, 0.3) is 0 Å². The maximum absolute atomic E-state index is 11.7. The van der Waals surface area contributed by atoms with E-state index in [4.69, 9.17) is 5.26 Å². The van der Waals surface area contributed by atoms with Crippen molar-refractivity contribution in [2.75, 3.05) is 13.6 Å². The second-order valence-electron chi connectivity index (χ2n) is 3.59. The zero-order chi connectivity index (χ0) is 13.5. The van der Waals surface area contributed by atoms with Crippen LogP contribution in [0.3, 0.4) is 0 Å². The van der Waals surface area contributed by atoms with Crippen LogP contribution in [0, 0.1) is 11.3 Å². The Bertz CT molecular complexity index is 496. The molecular weight excluding hydrogens is 298 g/mol. The third-order valence-electron chi connectivity index (χ3n) is 2.23. The number of carbonyl (C=O) groups excluding carboxylic acids is 2. The number of hydrogen-bond donors (Lipinski definition) is 1. The minimum absolute atomic E-state index is 0.173. The lowest BCUT2D eigenvalue weighted by atomic mass is 10.2. The van der Waals surface area contributed by atoms with Gasteiger partial charge in [-0.3, -0.25) is 9.59 Å². The Morgan fingerprint density at radius 1 is 1.44 bits per heavy atom. The van der Waals surface area contributed by atoms with E-state index in [2.05, 4.69) is 21.2 Å². The first-order valence-corrected chi connectivity index (χ1v) is 5.99. The molecule has 0 aliphatic rings. The van der Waals surface area contributed by atoms with Gasteiger partial charge in [0.1, 0.15) is 6.54 Å². The molecule has 0 aliphatic carbocycles. The molecule has 6 heteroatoms. The predicted octanol–water partition coefficient (Wildman–Crippen LogP) is 1.05. The van der Waals surface area contributed by atoms with Gasteiger partial charge in [-0.15, -0.1) is 0 Å². The molecule has 0 bridgehead atoms. The molecule has 0 aromatic heterocycles. The van der Waals surface area contributed by atoms with E-state index in [0.29, 0.717) is 6.54 Å². The van der Waals surface area contributed by atoms with Crippen LogP contribution in [0.2, 0.25) is 0 Å². The average Bonchev–Trinajstić information content (AvgIpc) is 2.37. The van der Waals surface area contributed by atoms with Gasteiger partial charge in [-0.25, -0.2) is 0 Å². The highest BCUT2D eigenvalue weighted by molar-refractivity contribution is 9.10. The topological polar surface area (TPSA) is 73.2 Å². The van der Waals surface area contributed by atoms with Crippen LogP contribution in [0.1, 0.15) is 5.56 Å². The molecule has 0 aliphatic heterocycles. The summed E-state index contributed by atoms with van der Waals surface area (Å²) in [5.74, 6) is -1.44. The Labute approximate surface area is 114 Å². The lowest BCUT2D eigenvalue weighted by Gasteiger charge is -2.17. The Morgan fingerprint density at radius 2 is 2.11 bits per heavy atom. The van der Waals surface area contributed by atoms with E-state index in [-0.39, 0.29) is 6.54 Å². The number of hydrogen-bond acceptors (Lipinski definition) is 3. The molecule has 1 rings (SSSR count). The van der Waals surface area contributed by atoms with Crippen LogP contribution < -0.4 is 5.32 Å². The minimum atomic E-state index is -0.772. The first kappa shape index (κ1) is 14.2. The molecule has 18 heavy (non-hydrogen) atoms. The summed E-state index contributed by atoms with van der Waals surface area (Å²) >= 11 is 3.37. The fourth-order valence-corrected chi connectivity index (χ4v) is 1.73. The summed E-state index contributed by atoms with van der Waals surface area (Å²) in [6.45, 7) is 0.147. The summed E-state index contributed by atoms with van der Waals surface area (Å²) in [7, 11) is 1.54. The number of rotatable bonds is 3. The van der Waals surface area contributed by atoms with Crippen LogP contribution in [0.15, 0.2) is 28.7 Å². The summed E-state index contributed by atoms with van der Waals surface area (Å²) in [6, 6.07) is 9.19. The second-order valence-corrected chi connectivity index (χ2v) is 4.45. The summed E-state index contributed by atoms with van der Waals surface area (Å²) in [6.07, 6.45) is 0. The quantitative estimate of drug-likeness (QED) is 0.670. The van der Waals surface area contributed by atoms with E-state index < -0.39 is 11.8 Å². The third kappa shape index (κ3) is 3.86. The largest absolute Gasteiger partial charge is 0.335 e. The SMILES string of the molecule is CN(Cc1ccccc1Br)C(=O)C(=O)NCC#N. The molecule has 94 valence electrons. The van der Waals surface area contributed by atoms with Crippen LogP contribution in [-0.4, -0.2) is 30.3 Å². The highest BCUT2D eigenvalue weighted by Gasteiger charge is 2.18. The third-order valence-corrected chi connectivity index (χ3v) is 3.01. The minimum Gasteiger partial charge on any atom is -0.335 e. The van der Waals surface area contributed by atoms with E-state index in [1.807, 2.05) is 24.3 Å². The summed E-state index contributed by atoms with van der Waals surface area (Å²) in [5.41, 5.74) is 0.904. The number of nitriles is 1. The van der Waals surface area contributed by atoms with Crippen molar-refractivity contribution in [1.82, 2.24) is 10.2 Å². The van der Waals surface area contributed by atoms with E-state index in [1.54, 1.807) is 6.07 Å². The first-order chi connectivity index (χ1) is 8.56. The molecule has 1 aromatic rings. The lowest BCUT2D eigenvalue weighted by Crippen LogP contribution is -2.40. The smallest absolute Gasteiger partial charge is 0.311 e. The van der Waals surface area contributed by atoms with E-state index in [0.717, 1.165) is 10.0 Å². The van der Waals surface area contributed by atoms with Gasteiger partial charge < -0.3 is 10.2 Å². The molecule has 0 saturated heterocycles. The molecule has 0 saturated carbocycles. The molecule has 1 N–H and O–H groups in total. The molecule has 0 spiro atoms. The number of halogens is 1. The Morgan fingerprint density at radius 3 is 2.72 bits per heavy atom. The molecule has 2 amide bonds. The maximum atomic E-state index is 11.7. The maximum Gasteiger partial charge on any atom is 0.311 e. The van der Waals surface area contributed by atoms with Crippen molar-refractivity contribution in [2.45, 2.75) is 6.54 Å². The lowest BCUT2D eigenvalue weighted by molar-refractivity contribution is -0.145. The summed E-state index contributed by atoms with van der Waals surface area (Å²) in [4.78, 5) is 24.3. The highest BCUT2D eigenvalue weighted by Crippen LogP contribution is 2.17. The number of nitrogens with one attached hydrogen (secondary N) is 1. The zero-order valence-corrected chi connectivity index (χ0v) is 11.4. The van der Waals surface area contributed by atoms with Gasteiger partial charge in [0, 0.05) is 18.1 Å². The second kappa shape index (κ2) is 6.77. The van der Waals surface area contributed by atoms with Gasteiger partial charge in [-0.05, 0) is 11.6 Å². The van der Waals surface area contributed by atoms with E-state index in [9.17, 15) is 9.59 Å². The summed E-state index contributed by atoms with van der Waals surface area (Å²) < 4.78 is 0.877. The molecule has 0 fully saturated rings. The Kier molecular flexibility index (Phi) is 5.33. The van der Waals surface area contributed by atoms with Gasteiger partial charge in [0.2, 0.25) is 0 Å². The number of amides is 2. The monoisotopic (exact) mass is 309 g/mol. The normalized spacial score (nSPS) is 9.39. The van der Waals surface area contributed by atoms with Crippen LogP contribution in [-0.2, 0) is 16.1 Å². The molecule has 5 nitrogen and oxygen atoms in total. The fourth-order valence-electron chi connectivity index (χ4n) is 1.32. The molecule has 0 heterocycles. The van der Waals surface area contributed by atoms with Gasteiger partial charge in [-0.2, -0.15) is 5.26 Å². The number of likely N-dealkylation sites (N-methyl/N-ethyl adjacent to an activating group) is 1. The average molecular weight is 310 g/mol. The van der Waals surface area contributed by atoms with Crippen LogP contribution in [0.5, 0.6) is 0 Å². The van der Waals surface area contributed by atoms with Crippen molar-refractivity contribution in [2.24, 2.45) is 0 Å². The van der Waals surface area contributed by atoms with Crippen molar-refractivity contribution in [3.8, 4) is 6.07 Å². The van der Waals surface area contributed by atoms with Crippen molar-refractivity contribution in [3.05, 3.63) is 34.3 Å². The molecule has 0 unspecified atom stereocenters. The Hall–Kier alpha value is -1.87. The summed E-state index contributed by atoms with van der Waals surface area (Å²) in [5, 5.41) is 10.5. The van der Waals surface area contributed by atoms with Crippen LogP contribution >= 0.6 is 15.9 Å². The van der Waals surface area contributed by atoms with Crippen molar-refractivity contribution >= 4 is 27.7 Å². The van der Waals surface area contributed by atoms with Gasteiger partial charge >= 0.3 is 11.8 Å². The Balaban J connectivity index is 2.63. The number of nitrogens with zero attached hydrogens (tertiary/aromatic N) is 2. The van der Waals surface area contributed by atoms with Crippen molar-refractivity contribution < 1.29 is 9.59 Å². The number of carbonyl (C=O) groups is 2. The number of benzene rings is 1. The van der Waals surface area contributed by atoms with E-state index >= 15 is 0 Å². The molecular formula is C12H12BrN3O2. The zero-order valence-electron chi connectivity index (χ0n) is 9.81. The highest BCUT2D eigenvalue weighted by atomic mass is 79.9.